The molecule has 0 radical (unpaired) electrons. The van der Waals surface area contributed by atoms with Crippen molar-refractivity contribution >= 4 is 0 Å². The molecule has 0 aliphatic carbocycles. The third-order valence-electron chi connectivity index (χ3n) is 7.87. The van der Waals surface area contributed by atoms with E-state index in [2.05, 4.69) is 41.5 Å². The summed E-state index contributed by atoms with van der Waals surface area (Å²) in [6, 6.07) is 0. The fraction of sp³-hybridized carbons (Fsp3) is 0.793. The van der Waals surface area contributed by atoms with Gasteiger partial charge in [0.2, 0.25) is 0 Å². The number of hydrogen-bond donors (Lipinski definition) is 1. The van der Waals surface area contributed by atoms with Crippen LogP contribution < -0.4 is 4.74 Å². The molecule has 0 saturated heterocycles. The standard InChI is InChI=1S/C29H50O2/c1-20(2)12-9-13-21(3)14-10-15-22(4)16-11-18-29(8)19-17-26-25(7)27(30)23(5)24(6)28(26)31-29/h20-22,30H,9-19H2,1-8H3/t21?,22-,29-/m1/s1. The van der Waals surface area contributed by atoms with Crippen LogP contribution in [-0.4, -0.2) is 10.7 Å². The Hall–Kier alpha value is -1.18. The molecule has 178 valence electrons. The normalized spacial score (nSPS) is 20.4. The van der Waals surface area contributed by atoms with Crippen LogP contribution in [0.2, 0.25) is 0 Å². The fourth-order valence-corrected chi connectivity index (χ4v) is 5.27. The quantitative estimate of drug-likeness (QED) is 0.359. The molecule has 0 fully saturated rings. The Balaban J connectivity index is 1.74. The minimum absolute atomic E-state index is 0.0712. The summed E-state index contributed by atoms with van der Waals surface area (Å²) in [6.07, 6.45) is 14.1. The number of phenols is 1. The second-order valence-electron chi connectivity index (χ2n) is 11.4. The van der Waals surface area contributed by atoms with E-state index >= 15 is 0 Å². The van der Waals surface area contributed by atoms with Crippen LogP contribution in [0, 0.1) is 38.5 Å². The average Bonchev–Trinajstić information content (AvgIpc) is 2.70. The topological polar surface area (TPSA) is 29.5 Å². The first kappa shape index (κ1) is 26.1. The highest BCUT2D eigenvalue weighted by molar-refractivity contribution is 5.58. The van der Waals surface area contributed by atoms with Crippen molar-refractivity contribution in [1.29, 1.82) is 0 Å². The van der Waals surface area contributed by atoms with E-state index in [1.807, 2.05) is 13.8 Å². The van der Waals surface area contributed by atoms with Gasteiger partial charge < -0.3 is 9.84 Å². The van der Waals surface area contributed by atoms with Gasteiger partial charge in [-0.05, 0) is 87.8 Å². The van der Waals surface area contributed by atoms with Gasteiger partial charge in [0.05, 0.1) is 0 Å². The molecule has 1 aliphatic rings. The Morgan fingerprint density at radius 2 is 1.35 bits per heavy atom. The van der Waals surface area contributed by atoms with Gasteiger partial charge >= 0.3 is 0 Å². The van der Waals surface area contributed by atoms with E-state index < -0.39 is 0 Å². The minimum atomic E-state index is -0.0712. The van der Waals surface area contributed by atoms with Gasteiger partial charge in [-0.1, -0.05) is 72.6 Å². The largest absolute Gasteiger partial charge is 0.507 e. The molecule has 2 heteroatoms. The Bertz CT molecular complexity index is 705. The van der Waals surface area contributed by atoms with Crippen molar-refractivity contribution in [2.45, 2.75) is 132 Å². The van der Waals surface area contributed by atoms with Crippen molar-refractivity contribution in [3.8, 4) is 11.5 Å². The lowest BCUT2D eigenvalue weighted by Crippen LogP contribution is -2.37. The molecule has 1 aliphatic heterocycles. The molecule has 0 saturated carbocycles. The van der Waals surface area contributed by atoms with Crippen LogP contribution in [0.1, 0.15) is 121 Å². The first-order valence-corrected chi connectivity index (χ1v) is 13.0. The maximum Gasteiger partial charge on any atom is 0.127 e. The summed E-state index contributed by atoms with van der Waals surface area (Å²) in [5.74, 6) is 4.04. The number of benzene rings is 1. The van der Waals surface area contributed by atoms with Crippen LogP contribution in [0.15, 0.2) is 0 Å². The third-order valence-corrected chi connectivity index (χ3v) is 7.87. The van der Waals surface area contributed by atoms with Gasteiger partial charge in [0, 0.05) is 5.56 Å². The summed E-state index contributed by atoms with van der Waals surface area (Å²) < 4.78 is 6.60. The summed E-state index contributed by atoms with van der Waals surface area (Å²) in [6.45, 7) is 17.9. The van der Waals surface area contributed by atoms with Gasteiger partial charge in [-0.3, -0.25) is 0 Å². The van der Waals surface area contributed by atoms with Gasteiger partial charge in [-0.15, -0.1) is 0 Å². The minimum Gasteiger partial charge on any atom is -0.507 e. The fourth-order valence-electron chi connectivity index (χ4n) is 5.27. The molecule has 0 amide bonds. The van der Waals surface area contributed by atoms with Crippen LogP contribution in [0.3, 0.4) is 0 Å². The molecule has 0 spiro atoms. The number of ether oxygens (including phenoxy) is 1. The Morgan fingerprint density at radius 3 is 1.94 bits per heavy atom. The van der Waals surface area contributed by atoms with Gasteiger partial charge in [-0.2, -0.15) is 0 Å². The molecule has 1 N–H and O–H groups in total. The Kier molecular flexibility index (Phi) is 9.77. The van der Waals surface area contributed by atoms with Gasteiger partial charge in [0.1, 0.15) is 17.1 Å². The van der Waals surface area contributed by atoms with Crippen molar-refractivity contribution < 1.29 is 9.84 Å². The first-order valence-electron chi connectivity index (χ1n) is 13.0. The molecular formula is C29H50O2. The lowest BCUT2D eigenvalue weighted by atomic mass is 9.84. The zero-order valence-electron chi connectivity index (χ0n) is 21.9. The van der Waals surface area contributed by atoms with E-state index in [9.17, 15) is 5.11 Å². The monoisotopic (exact) mass is 430 g/mol. The highest BCUT2D eigenvalue weighted by Gasteiger charge is 2.34. The highest BCUT2D eigenvalue weighted by atomic mass is 16.5. The second-order valence-corrected chi connectivity index (χ2v) is 11.4. The molecule has 0 aromatic heterocycles. The number of phenolic OH excluding ortho intramolecular Hbond substituents is 1. The van der Waals surface area contributed by atoms with Crippen molar-refractivity contribution in [1.82, 2.24) is 0 Å². The zero-order chi connectivity index (χ0) is 23.2. The number of hydrogen-bond acceptors (Lipinski definition) is 2. The second kappa shape index (κ2) is 11.6. The van der Waals surface area contributed by atoms with Crippen molar-refractivity contribution in [3.05, 3.63) is 22.3 Å². The third kappa shape index (κ3) is 7.43. The lowest BCUT2D eigenvalue weighted by molar-refractivity contribution is 0.0512. The van der Waals surface area contributed by atoms with Gasteiger partial charge in [0.25, 0.3) is 0 Å². The zero-order valence-corrected chi connectivity index (χ0v) is 21.9. The van der Waals surface area contributed by atoms with E-state index in [1.165, 1.54) is 56.9 Å². The summed E-state index contributed by atoms with van der Waals surface area (Å²) in [7, 11) is 0. The predicted molar refractivity (Wildman–Crippen MR) is 134 cm³/mol. The van der Waals surface area contributed by atoms with E-state index in [1.54, 1.807) is 0 Å². The van der Waals surface area contributed by atoms with Crippen LogP contribution in [0.25, 0.3) is 0 Å². The molecule has 1 aromatic carbocycles. The molecular weight excluding hydrogens is 380 g/mol. The van der Waals surface area contributed by atoms with Crippen LogP contribution in [0.4, 0.5) is 0 Å². The Labute approximate surface area is 193 Å². The summed E-state index contributed by atoms with van der Waals surface area (Å²) >= 11 is 0. The molecule has 1 aromatic rings. The smallest absolute Gasteiger partial charge is 0.127 e. The number of aromatic hydroxyl groups is 1. The predicted octanol–water partition coefficient (Wildman–Crippen LogP) is 8.84. The molecule has 2 nitrogen and oxygen atoms in total. The molecule has 1 unspecified atom stereocenters. The number of rotatable bonds is 12. The van der Waals surface area contributed by atoms with Crippen LogP contribution in [-0.2, 0) is 6.42 Å². The number of fused-ring (bicyclic) bond motifs is 1. The van der Waals surface area contributed by atoms with Gasteiger partial charge in [0.15, 0.2) is 0 Å². The van der Waals surface area contributed by atoms with Gasteiger partial charge in [-0.25, -0.2) is 0 Å². The van der Waals surface area contributed by atoms with E-state index in [0.717, 1.165) is 59.5 Å². The SMILES string of the molecule is Cc1c(C)c2c(c(C)c1O)CC[C@@](C)(CCC[C@H](C)CCCC(C)CCCC(C)C)O2. The van der Waals surface area contributed by atoms with Crippen LogP contribution in [0.5, 0.6) is 11.5 Å². The lowest BCUT2D eigenvalue weighted by Gasteiger charge is -2.38. The molecule has 3 atom stereocenters. The molecule has 0 bridgehead atoms. The maximum absolute atomic E-state index is 10.4. The first-order chi connectivity index (χ1) is 14.5. The Morgan fingerprint density at radius 1 is 0.806 bits per heavy atom. The maximum atomic E-state index is 10.4. The summed E-state index contributed by atoms with van der Waals surface area (Å²) in [5.41, 5.74) is 4.23. The van der Waals surface area contributed by atoms with E-state index in [4.69, 9.17) is 4.74 Å². The van der Waals surface area contributed by atoms with Crippen molar-refractivity contribution in [2.24, 2.45) is 17.8 Å². The van der Waals surface area contributed by atoms with E-state index in [-0.39, 0.29) is 5.60 Å². The summed E-state index contributed by atoms with van der Waals surface area (Å²) in [5, 5.41) is 10.4. The highest BCUT2D eigenvalue weighted by Crippen LogP contribution is 2.44. The summed E-state index contributed by atoms with van der Waals surface area (Å²) in [4.78, 5) is 0. The van der Waals surface area contributed by atoms with Crippen LogP contribution >= 0.6 is 0 Å². The molecule has 2 rings (SSSR count). The molecule has 31 heavy (non-hydrogen) atoms. The van der Waals surface area contributed by atoms with Crippen molar-refractivity contribution in [2.75, 3.05) is 0 Å². The average molecular weight is 431 g/mol. The molecule has 1 heterocycles. The van der Waals surface area contributed by atoms with E-state index in [0.29, 0.717) is 5.75 Å². The van der Waals surface area contributed by atoms with Crippen molar-refractivity contribution in [3.63, 3.8) is 0 Å².